The Morgan fingerprint density at radius 1 is 1.05 bits per heavy atom. The van der Waals surface area contributed by atoms with Crippen molar-refractivity contribution in [2.75, 3.05) is 11.9 Å². The maximum atomic E-state index is 5.77. The molecule has 0 spiro atoms. The molecule has 0 fully saturated rings. The number of benzene rings is 2. The molecule has 0 bridgehead atoms. The summed E-state index contributed by atoms with van der Waals surface area (Å²) in [6.07, 6.45) is 0. The first-order chi connectivity index (χ1) is 10.1. The maximum absolute atomic E-state index is 5.77. The molecule has 21 heavy (non-hydrogen) atoms. The third-order valence-electron chi connectivity index (χ3n) is 3.17. The van der Waals surface area contributed by atoms with Crippen LogP contribution >= 0.6 is 15.9 Å². The van der Waals surface area contributed by atoms with Gasteiger partial charge in [-0.25, -0.2) is 0 Å². The summed E-state index contributed by atoms with van der Waals surface area (Å²) in [5.74, 6) is 1.44. The van der Waals surface area contributed by atoms with E-state index in [0.29, 0.717) is 5.92 Å². The van der Waals surface area contributed by atoms with Gasteiger partial charge in [-0.2, -0.15) is 0 Å². The average molecular weight is 348 g/mol. The average Bonchev–Trinajstić information content (AvgIpc) is 2.46. The van der Waals surface area contributed by atoms with Crippen LogP contribution in [-0.2, 0) is 0 Å². The van der Waals surface area contributed by atoms with Crippen LogP contribution in [0.2, 0.25) is 0 Å². The number of rotatable bonds is 6. The van der Waals surface area contributed by atoms with Gasteiger partial charge in [0.05, 0.1) is 6.61 Å². The van der Waals surface area contributed by atoms with E-state index in [1.807, 2.05) is 18.2 Å². The van der Waals surface area contributed by atoms with Gasteiger partial charge >= 0.3 is 0 Å². The SMILES string of the molecule is CC(C)COc1cccc(NC(C)c2ccccc2Br)c1. The van der Waals surface area contributed by atoms with Crippen LogP contribution in [-0.4, -0.2) is 6.61 Å². The largest absolute Gasteiger partial charge is 0.493 e. The molecule has 0 aliphatic heterocycles. The third-order valence-corrected chi connectivity index (χ3v) is 3.89. The molecule has 0 amide bonds. The molecule has 0 saturated heterocycles. The predicted octanol–water partition coefficient (Wildman–Crippen LogP) is 5.66. The summed E-state index contributed by atoms with van der Waals surface area (Å²) < 4.78 is 6.89. The van der Waals surface area contributed by atoms with Crippen molar-refractivity contribution in [3.63, 3.8) is 0 Å². The Kier molecular flexibility index (Phi) is 5.68. The topological polar surface area (TPSA) is 21.3 Å². The second kappa shape index (κ2) is 7.51. The fourth-order valence-corrected chi connectivity index (χ4v) is 2.72. The molecule has 1 atom stereocenters. The Balaban J connectivity index is 2.05. The van der Waals surface area contributed by atoms with Crippen molar-refractivity contribution in [3.8, 4) is 5.75 Å². The van der Waals surface area contributed by atoms with Crippen molar-refractivity contribution >= 4 is 21.6 Å². The van der Waals surface area contributed by atoms with E-state index in [2.05, 4.69) is 72.3 Å². The van der Waals surface area contributed by atoms with Crippen molar-refractivity contribution < 1.29 is 4.74 Å². The first kappa shape index (κ1) is 15.9. The summed E-state index contributed by atoms with van der Waals surface area (Å²) >= 11 is 3.60. The molecule has 2 nitrogen and oxygen atoms in total. The van der Waals surface area contributed by atoms with Crippen LogP contribution in [0.1, 0.15) is 32.4 Å². The highest BCUT2D eigenvalue weighted by molar-refractivity contribution is 9.10. The van der Waals surface area contributed by atoms with Crippen molar-refractivity contribution in [2.45, 2.75) is 26.8 Å². The lowest BCUT2D eigenvalue weighted by molar-refractivity contribution is 0.271. The van der Waals surface area contributed by atoms with E-state index < -0.39 is 0 Å². The van der Waals surface area contributed by atoms with Crippen LogP contribution in [0, 0.1) is 5.92 Å². The minimum Gasteiger partial charge on any atom is -0.493 e. The molecule has 1 N–H and O–H groups in total. The molecule has 0 heterocycles. The minimum atomic E-state index is 0.223. The number of hydrogen-bond donors (Lipinski definition) is 1. The van der Waals surface area contributed by atoms with Gasteiger partial charge in [-0.1, -0.05) is 54.0 Å². The summed E-state index contributed by atoms with van der Waals surface area (Å²) in [7, 11) is 0. The molecule has 2 aromatic carbocycles. The molecule has 3 heteroatoms. The Labute approximate surface area is 135 Å². The number of nitrogens with one attached hydrogen (secondary N) is 1. The quantitative estimate of drug-likeness (QED) is 0.728. The van der Waals surface area contributed by atoms with E-state index in [-0.39, 0.29) is 6.04 Å². The van der Waals surface area contributed by atoms with Crippen molar-refractivity contribution in [1.82, 2.24) is 0 Å². The lowest BCUT2D eigenvalue weighted by Gasteiger charge is -2.18. The molecule has 1 unspecified atom stereocenters. The molecule has 0 radical (unpaired) electrons. The highest BCUT2D eigenvalue weighted by Gasteiger charge is 2.09. The second-order valence-electron chi connectivity index (χ2n) is 5.62. The van der Waals surface area contributed by atoms with E-state index in [0.717, 1.165) is 22.5 Å². The molecule has 112 valence electrons. The standard InChI is InChI=1S/C18H22BrNO/c1-13(2)12-21-16-8-6-7-15(11-16)20-14(3)17-9-4-5-10-18(17)19/h4-11,13-14,20H,12H2,1-3H3. The smallest absolute Gasteiger partial charge is 0.121 e. The fourth-order valence-electron chi connectivity index (χ4n) is 2.09. The summed E-state index contributed by atoms with van der Waals surface area (Å²) in [5.41, 5.74) is 2.31. The van der Waals surface area contributed by atoms with Crippen molar-refractivity contribution in [1.29, 1.82) is 0 Å². The molecule has 2 aromatic rings. The van der Waals surface area contributed by atoms with E-state index in [1.54, 1.807) is 0 Å². The number of hydrogen-bond acceptors (Lipinski definition) is 2. The Morgan fingerprint density at radius 3 is 2.52 bits per heavy atom. The summed E-state index contributed by atoms with van der Waals surface area (Å²) in [4.78, 5) is 0. The molecule has 0 saturated carbocycles. The van der Waals surface area contributed by atoms with Gasteiger partial charge < -0.3 is 10.1 Å². The molecular weight excluding hydrogens is 326 g/mol. The van der Waals surface area contributed by atoms with E-state index in [1.165, 1.54) is 5.56 Å². The fraction of sp³-hybridized carbons (Fsp3) is 0.333. The Morgan fingerprint density at radius 2 is 1.81 bits per heavy atom. The van der Waals surface area contributed by atoms with Crippen LogP contribution in [0.4, 0.5) is 5.69 Å². The van der Waals surface area contributed by atoms with Gasteiger partial charge in [0.2, 0.25) is 0 Å². The van der Waals surface area contributed by atoms with Gasteiger partial charge in [-0.3, -0.25) is 0 Å². The van der Waals surface area contributed by atoms with E-state index in [9.17, 15) is 0 Å². The van der Waals surface area contributed by atoms with Crippen LogP contribution in [0.15, 0.2) is 53.0 Å². The highest BCUT2D eigenvalue weighted by Crippen LogP contribution is 2.27. The zero-order chi connectivity index (χ0) is 15.2. The zero-order valence-electron chi connectivity index (χ0n) is 12.8. The molecule has 0 aromatic heterocycles. The molecule has 0 aliphatic rings. The van der Waals surface area contributed by atoms with Gasteiger partial charge in [0.15, 0.2) is 0 Å². The van der Waals surface area contributed by atoms with Gasteiger partial charge in [-0.15, -0.1) is 0 Å². The van der Waals surface area contributed by atoms with Gasteiger partial charge in [-0.05, 0) is 36.6 Å². The van der Waals surface area contributed by atoms with E-state index in [4.69, 9.17) is 4.74 Å². The lowest BCUT2D eigenvalue weighted by atomic mass is 10.1. The molecule has 2 rings (SSSR count). The summed E-state index contributed by atoms with van der Waals surface area (Å²) in [5, 5.41) is 3.52. The first-order valence-corrected chi connectivity index (χ1v) is 8.09. The summed E-state index contributed by atoms with van der Waals surface area (Å²) in [6, 6.07) is 16.6. The predicted molar refractivity (Wildman–Crippen MR) is 93.0 cm³/mol. The number of anilines is 1. The maximum Gasteiger partial charge on any atom is 0.121 e. The van der Waals surface area contributed by atoms with Crippen LogP contribution in [0.25, 0.3) is 0 Å². The van der Waals surface area contributed by atoms with Crippen LogP contribution in [0.3, 0.4) is 0 Å². The first-order valence-electron chi connectivity index (χ1n) is 7.30. The Bertz CT molecular complexity index is 583. The van der Waals surface area contributed by atoms with Crippen LogP contribution in [0.5, 0.6) is 5.75 Å². The van der Waals surface area contributed by atoms with Crippen molar-refractivity contribution in [2.24, 2.45) is 5.92 Å². The monoisotopic (exact) mass is 347 g/mol. The summed E-state index contributed by atoms with van der Waals surface area (Å²) in [6.45, 7) is 7.19. The van der Waals surface area contributed by atoms with Crippen molar-refractivity contribution in [3.05, 3.63) is 58.6 Å². The van der Waals surface area contributed by atoms with Gasteiger partial charge in [0.25, 0.3) is 0 Å². The second-order valence-corrected chi connectivity index (χ2v) is 6.47. The zero-order valence-corrected chi connectivity index (χ0v) is 14.4. The van der Waals surface area contributed by atoms with Gasteiger partial charge in [0, 0.05) is 22.3 Å². The number of halogens is 1. The number of ether oxygens (including phenoxy) is 1. The van der Waals surface area contributed by atoms with Gasteiger partial charge in [0.1, 0.15) is 5.75 Å². The molecular formula is C18H22BrNO. The third kappa shape index (κ3) is 4.78. The molecule has 0 aliphatic carbocycles. The van der Waals surface area contributed by atoms with Crippen LogP contribution < -0.4 is 10.1 Å². The highest BCUT2D eigenvalue weighted by atomic mass is 79.9. The normalized spacial score (nSPS) is 12.2. The Hall–Kier alpha value is -1.48. The van der Waals surface area contributed by atoms with E-state index >= 15 is 0 Å². The lowest BCUT2D eigenvalue weighted by Crippen LogP contribution is -2.08. The minimum absolute atomic E-state index is 0.223.